The molecular formula is C17H14N4O3. The number of hydrogen-bond acceptors (Lipinski definition) is 4. The summed E-state index contributed by atoms with van der Waals surface area (Å²) in [6.07, 6.45) is 3.37. The van der Waals surface area contributed by atoms with Gasteiger partial charge in [-0.15, -0.1) is 0 Å². The van der Waals surface area contributed by atoms with Gasteiger partial charge in [-0.25, -0.2) is 4.68 Å². The fraction of sp³-hybridized carbons (Fsp3) is 0.0588. The SMILES string of the molecule is O=C(NCc1ccccc1[N+](=O)[O-])c1ccccc1-n1cccn1. The zero-order valence-corrected chi connectivity index (χ0v) is 12.6. The molecule has 120 valence electrons. The van der Waals surface area contributed by atoms with Gasteiger partial charge in [0.2, 0.25) is 0 Å². The van der Waals surface area contributed by atoms with Crippen LogP contribution in [0.2, 0.25) is 0 Å². The van der Waals surface area contributed by atoms with E-state index >= 15 is 0 Å². The van der Waals surface area contributed by atoms with Gasteiger partial charge in [0, 0.05) is 30.6 Å². The third-order valence-electron chi connectivity index (χ3n) is 3.53. The fourth-order valence-corrected chi connectivity index (χ4v) is 2.39. The lowest BCUT2D eigenvalue weighted by Gasteiger charge is -2.10. The normalized spacial score (nSPS) is 10.3. The van der Waals surface area contributed by atoms with Crippen LogP contribution in [0.3, 0.4) is 0 Å². The molecule has 3 rings (SSSR count). The first-order valence-corrected chi connectivity index (χ1v) is 7.26. The number of amides is 1. The third kappa shape index (κ3) is 3.14. The van der Waals surface area contributed by atoms with Gasteiger partial charge < -0.3 is 5.32 Å². The predicted molar refractivity (Wildman–Crippen MR) is 87.8 cm³/mol. The van der Waals surface area contributed by atoms with Crippen molar-refractivity contribution in [2.45, 2.75) is 6.54 Å². The summed E-state index contributed by atoms with van der Waals surface area (Å²) in [6, 6.07) is 15.1. The molecule has 0 saturated carbocycles. The summed E-state index contributed by atoms with van der Waals surface area (Å²) < 4.78 is 1.60. The van der Waals surface area contributed by atoms with Crippen molar-refractivity contribution >= 4 is 11.6 Å². The molecule has 0 atom stereocenters. The summed E-state index contributed by atoms with van der Waals surface area (Å²) in [6.45, 7) is 0.0728. The molecule has 0 spiro atoms. The second-order valence-corrected chi connectivity index (χ2v) is 5.04. The number of para-hydroxylation sites is 2. The lowest BCUT2D eigenvalue weighted by atomic mass is 10.1. The van der Waals surface area contributed by atoms with Gasteiger partial charge in [-0.3, -0.25) is 14.9 Å². The van der Waals surface area contributed by atoms with Crippen molar-refractivity contribution in [2.75, 3.05) is 0 Å². The number of nitrogens with one attached hydrogen (secondary N) is 1. The van der Waals surface area contributed by atoms with Crippen molar-refractivity contribution in [1.29, 1.82) is 0 Å². The number of benzene rings is 2. The summed E-state index contributed by atoms with van der Waals surface area (Å²) in [5.41, 5.74) is 1.52. The molecule has 0 aliphatic rings. The van der Waals surface area contributed by atoms with E-state index in [9.17, 15) is 14.9 Å². The van der Waals surface area contributed by atoms with Gasteiger partial charge in [0.05, 0.1) is 16.2 Å². The number of hydrogen-bond donors (Lipinski definition) is 1. The van der Waals surface area contributed by atoms with E-state index in [1.165, 1.54) is 6.07 Å². The van der Waals surface area contributed by atoms with E-state index in [2.05, 4.69) is 10.4 Å². The van der Waals surface area contributed by atoms with Crippen LogP contribution >= 0.6 is 0 Å². The first-order valence-electron chi connectivity index (χ1n) is 7.26. The van der Waals surface area contributed by atoms with Crippen LogP contribution in [0.4, 0.5) is 5.69 Å². The van der Waals surface area contributed by atoms with Crippen molar-refractivity contribution in [1.82, 2.24) is 15.1 Å². The molecule has 1 aromatic heterocycles. The Morgan fingerprint density at radius 3 is 2.62 bits per heavy atom. The molecule has 0 saturated heterocycles. The van der Waals surface area contributed by atoms with E-state index < -0.39 is 4.92 Å². The van der Waals surface area contributed by atoms with Crippen molar-refractivity contribution in [3.05, 3.63) is 88.2 Å². The van der Waals surface area contributed by atoms with E-state index in [-0.39, 0.29) is 18.1 Å². The van der Waals surface area contributed by atoms with Gasteiger partial charge in [0.15, 0.2) is 0 Å². The summed E-state index contributed by atoms with van der Waals surface area (Å²) >= 11 is 0. The van der Waals surface area contributed by atoms with Crippen LogP contribution in [0, 0.1) is 10.1 Å². The highest BCUT2D eigenvalue weighted by Crippen LogP contribution is 2.18. The first kappa shape index (κ1) is 15.4. The Labute approximate surface area is 137 Å². The highest BCUT2D eigenvalue weighted by atomic mass is 16.6. The van der Waals surface area contributed by atoms with Crippen molar-refractivity contribution < 1.29 is 9.72 Å². The van der Waals surface area contributed by atoms with Gasteiger partial charge in [0.25, 0.3) is 11.6 Å². The predicted octanol–water partition coefficient (Wildman–Crippen LogP) is 2.71. The molecule has 1 heterocycles. The zero-order valence-electron chi connectivity index (χ0n) is 12.6. The summed E-state index contributed by atoms with van der Waals surface area (Å²) in [7, 11) is 0. The Morgan fingerprint density at radius 2 is 1.88 bits per heavy atom. The van der Waals surface area contributed by atoms with E-state index in [4.69, 9.17) is 0 Å². The van der Waals surface area contributed by atoms with Crippen LogP contribution in [-0.4, -0.2) is 20.6 Å². The first-order chi connectivity index (χ1) is 11.7. The lowest BCUT2D eigenvalue weighted by molar-refractivity contribution is -0.385. The molecule has 0 unspecified atom stereocenters. The van der Waals surface area contributed by atoms with Crippen LogP contribution < -0.4 is 5.32 Å². The molecular weight excluding hydrogens is 308 g/mol. The molecule has 0 bridgehead atoms. The summed E-state index contributed by atoms with van der Waals surface area (Å²) in [5, 5.41) is 17.9. The van der Waals surface area contributed by atoms with Crippen molar-refractivity contribution in [3.8, 4) is 5.69 Å². The van der Waals surface area contributed by atoms with Crippen molar-refractivity contribution in [3.63, 3.8) is 0 Å². The Kier molecular flexibility index (Phi) is 4.33. The molecule has 0 aliphatic carbocycles. The summed E-state index contributed by atoms with van der Waals surface area (Å²) in [5.74, 6) is -0.320. The number of carbonyl (C=O) groups excluding carboxylic acids is 1. The maximum atomic E-state index is 12.5. The average Bonchev–Trinajstić information content (AvgIpc) is 3.14. The number of nitrogens with zero attached hydrogens (tertiary/aromatic N) is 3. The molecule has 0 fully saturated rings. The van der Waals surface area contributed by atoms with Crippen molar-refractivity contribution in [2.24, 2.45) is 0 Å². The third-order valence-corrected chi connectivity index (χ3v) is 3.53. The highest BCUT2D eigenvalue weighted by Gasteiger charge is 2.16. The van der Waals surface area contributed by atoms with Gasteiger partial charge >= 0.3 is 0 Å². The van der Waals surface area contributed by atoms with Gasteiger partial charge in [-0.1, -0.05) is 30.3 Å². The van der Waals surface area contributed by atoms with Crippen LogP contribution in [0.5, 0.6) is 0 Å². The van der Waals surface area contributed by atoms with Gasteiger partial charge in [-0.2, -0.15) is 5.10 Å². The van der Waals surface area contributed by atoms with Gasteiger partial charge in [0.1, 0.15) is 0 Å². The molecule has 0 radical (unpaired) electrons. The fourth-order valence-electron chi connectivity index (χ4n) is 2.39. The Balaban J connectivity index is 1.81. The maximum absolute atomic E-state index is 12.5. The number of rotatable bonds is 5. The Bertz CT molecular complexity index is 875. The number of aromatic nitrogens is 2. The minimum atomic E-state index is -0.459. The van der Waals surface area contributed by atoms with E-state index in [1.54, 1.807) is 59.5 Å². The largest absolute Gasteiger partial charge is 0.348 e. The zero-order chi connectivity index (χ0) is 16.9. The van der Waals surface area contributed by atoms with E-state index in [1.807, 2.05) is 6.07 Å². The highest BCUT2D eigenvalue weighted by molar-refractivity contribution is 5.97. The maximum Gasteiger partial charge on any atom is 0.274 e. The monoisotopic (exact) mass is 322 g/mol. The number of nitro benzene ring substituents is 1. The standard InChI is InChI=1S/C17H14N4O3/c22-17(18-12-13-6-1-3-8-15(13)21(23)24)14-7-2-4-9-16(14)20-11-5-10-19-20/h1-11H,12H2,(H,18,22). The second kappa shape index (κ2) is 6.74. The molecule has 7 heteroatoms. The van der Waals surface area contributed by atoms with Crippen LogP contribution in [0.25, 0.3) is 5.69 Å². The Morgan fingerprint density at radius 1 is 1.12 bits per heavy atom. The molecule has 7 nitrogen and oxygen atoms in total. The Hall–Kier alpha value is -3.48. The molecule has 1 amide bonds. The second-order valence-electron chi connectivity index (χ2n) is 5.04. The quantitative estimate of drug-likeness (QED) is 0.577. The average molecular weight is 322 g/mol. The smallest absolute Gasteiger partial charge is 0.274 e. The minimum absolute atomic E-state index is 0.0156. The molecule has 3 aromatic rings. The molecule has 1 N–H and O–H groups in total. The molecule has 24 heavy (non-hydrogen) atoms. The van der Waals surface area contributed by atoms with Crippen LogP contribution in [0.1, 0.15) is 15.9 Å². The van der Waals surface area contributed by atoms with Crippen LogP contribution in [0.15, 0.2) is 67.0 Å². The minimum Gasteiger partial charge on any atom is -0.348 e. The lowest BCUT2D eigenvalue weighted by Crippen LogP contribution is -2.24. The molecule has 2 aromatic carbocycles. The van der Waals surface area contributed by atoms with Crippen LogP contribution in [-0.2, 0) is 6.54 Å². The summed E-state index contributed by atoms with van der Waals surface area (Å²) in [4.78, 5) is 23.1. The van der Waals surface area contributed by atoms with E-state index in [0.717, 1.165) is 0 Å². The molecule has 0 aliphatic heterocycles. The van der Waals surface area contributed by atoms with E-state index in [0.29, 0.717) is 16.8 Å². The number of carbonyl (C=O) groups is 1. The number of nitro groups is 1. The van der Waals surface area contributed by atoms with Gasteiger partial charge in [-0.05, 0) is 18.2 Å². The topological polar surface area (TPSA) is 90.1 Å².